The van der Waals surface area contributed by atoms with Gasteiger partial charge in [0.05, 0.1) is 11.3 Å². The van der Waals surface area contributed by atoms with Crippen LogP contribution in [0.5, 0.6) is 0 Å². The van der Waals surface area contributed by atoms with Crippen LogP contribution in [0.3, 0.4) is 0 Å². The van der Waals surface area contributed by atoms with Crippen molar-refractivity contribution in [3.05, 3.63) is 29.1 Å². The van der Waals surface area contributed by atoms with Gasteiger partial charge in [0, 0.05) is 17.3 Å². The second-order valence-electron chi connectivity index (χ2n) is 3.16. The van der Waals surface area contributed by atoms with Gasteiger partial charge < -0.3 is 5.73 Å². The summed E-state index contributed by atoms with van der Waals surface area (Å²) >= 11 is 3.09. The van der Waals surface area contributed by atoms with Gasteiger partial charge in [0.25, 0.3) is 0 Å². The van der Waals surface area contributed by atoms with Crippen molar-refractivity contribution in [3.8, 4) is 11.8 Å². The van der Waals surface area contributed by atoms with Crippen molar-refractivity contribution in [2.45, 2.75) is 12.6 Å². The lowest BCUT2D eigenvalue weighted by Crippen LogP contribution is -2.09. The summed E-state index contributed by atoms with van der Waals surface area (Å²) in [6, 6.07) is 1.27. The van der Waals surface area contributed by atoms with Crippen LogP contribution in [0.25, 0.3) is 0 Å². The number of hydrogen-bond donors (Lipinski definition) is 1. The molecule has 0 aliphatic rings. The van der Waals surface area contributed by atoms with Gasteiger partial charge in [0.2, 0.25) is 0 Å². The van der Waals surface area contributed by atoms with E-state index in [1.807, 2.05) is 0 Å². The molecule has 0 heterocycles. The predicted molar refractivity (Wildman–Crippen MR) is 61.1 cm³/mol. The standard InChI is InChI=1S/C11H8BrF4N/c12-4-2-1-3-7-5-9(13)10(17)6-8(7)11(14,15)16/h5-6H,2,4,17H2. The number of nitrogens with two attached hydrogens (primary N) is 1. The number of anilines is 1. The fourth-order valence-electron chi connectivity index (χ4n) is 1.13. The third kappa shape index (κ3) is 3.63. The summed E-state index contributed by atoms with van der Waals surface area (Å²) in [4.78, 5) is 0. The Morgan fingerprint density at radius 1 is 1.29 bits per heavy atom. The first kappa shape index (κ1) is 13.8. The summed E-state index contributed by atoms with van der Waals surface area (Å²) in [5.41, 5.74) is 3.16. The van der Waals surface area contributed by atoms with Crippen molar-refractivity contribution in [1.29, 1.82) is 0 Å². The van der Waals surface area contributed by atoms with Gasteiger partial charge in [-0.3, -0.25) is 0 Å². The van der Waals surface area contributed by atoms with Crippen LogP contribution in [0.15, 0.2) is 12.1 Å². The molecule has 92 valence electrons. The molecule has 0 aliphatic heterocycles. The van der Waals surface area contributed by atoms with E-state index in [4.69, 9.17) is 5.73 Å². The van der Waals surface area contributed by atoms with Gasteiger partial charge in [-0.05, 0) is 12.1 Å². The molecule has 0 saturated carbocycles. The highest BCUT2D eigenvalue weighted by Gasteiger charge is 2.34. The fourth-order valence-corrected chi connectivity index (χ4v) is 1.33. The lowest BCUT2D eigenvalue weighted by atomic mass is 10.1. The summed E-state index contributed by atoms with van der Waals surface area (Å²) < 4.78 is 50.9. The molecule has 6 heteroatoms. The van der Waals surface area contributed by atoms with Gasteiger partial charge in [-0.25, -0.2) is 4.39 Å². The van der Waals surface area contributed by atoms with Crippen LogP contribution in [-0.2, 0) is 6.18 Å². The van der Waals surface area contributed by atoms with Gasteiger partial charge in [-0.2, -0.15) is 13.2 Å². The van der Waals surface area contributed by atoms with Gasteiger partial charge in [-0.1, -0.05) is 27.8 Å². The largest absolute Gasteiger partial charge is 0.417 e. The van der Waals surface area contributed by atoms with E-state index >= 15 is 0 Å². The van der Waals surface area contributed by atoms with Crippen molar-refractivity contribution >= 4 is 21.6 Å². The molecule has 1 nitrogen and oxygen atoms in total. The second-order valence-corrected chi connectivity index (χ2v) is 3.95. The molecule has 0 unspecified atom stereocenters. The molecule has 0 bridgehead atoms. The summed E-state index contributed by atoms with van der Waals surface area (Å²) in [6.45, 7) is 0. The minimum Gasteiger partial charge on any atom is -0.396 e. The zero-order valence-electron chi connectivity index (χ0n) is 8.54. The Morgan fingerprint density at radius 3 is 2.47 bits per heavy atom. The van der Waals surface area contributed by atoms with Crippen molar-refractivity contribution in [2.75, 3.05) is 11.1 Å². The molecule has 0 radical (unpaired) electrons. The van der Waals surface area contributed by atoms with Crippen molar-refractivity contribution in [2.24, 2.45) is 0 Å². The van der Waals surface area contributed by atoms with Crippen LogP contribution in [0.2, 0.25) is 0 Å². The molecule has 0 saturated heterocycles. The van der Waals surface area contributed by atoms with Crippen LogP contribution < -0.4 is 5.73 Å². The molecule has 0 aliphatic carbocycles. The number of benzene rings is 1. The Morgan fingerprint density at radius 2 is 1.94 bits per heavy atom. The average Bonchev–Trinajstić information content (AvgIpc) is 2.21. The van der Waals surface area contributed by atoms with Gasteiger partial charge >= 0.3 is 6.18 Å². The first-order valence-corrected chi connectivity index (χ1v) is 5.69. The van der Waals surface area contributed by atoms with Crippen LogP contribution in [0, 0.1) is 17.7 Å². The van der Waals surface area contributed by atoms with E-state index in [2.05, 4.69) is 27.8 Å². The molecular formula is C11H8BrF4N. The molecule has 1 aromatic carbocycles. The quantitative estimate of drug-likeness (QED) is 0.365. The van der Waals surface area contributed by atoms with E-state index in [0.717, 1.165) is 0 Å². The van der Waals surface area contributed by atoms with Crippen molar-refractivity contribution in [3.63, 3.8) is 0 Å². The maximum absolute atomic E-state index is 13.1. The van der Waals surface area contributed by atoms with Crippen LogP contribution in [0.4, 0.5) is 23.2 Å². The van der Waals surface area contributed by atoms with E-state index in [-0.39, 0.29) is 0 Å². The third-order valence-electron chi connectivity index (χ3n) is 1.88. The summed E-state index contributed by atoms with van der Waals surface area (Å²) in [5.74, 6) is 3.90. The highest BCUT2D eigenvalue weighted by Crippen LogP contribution is 2.33. The molecule has 2 N–H and O–H groups in total. The van der Waals surface area contributed by atoms with E-state index < -0.39 is 28.8 Å². The van der Waals surface area contributed by atoms with E-state index in [0.29, 0.717) is 23.9 Å². The summed E-state index contributed by atoms with van der Waals surface area (Å²) in [5, 5.41) is 0.540. The van der Waals surface area contributed by atoms with Gasteiger partial charge in [0.1, 0.15) is 5.82 Å². The number of nitrogen functional groups attached to an aromatic ring is 1. The maximum atomic E-state index is 13.1. The molecule has 0 spiro atoms. The lowest BCUT2D eigenvalue weighted by molar-refractivity contribution is -0.137. The normalized spacial score (nSPS) is 10.9. The molecule has 1 rings (SSSR count). The Kier molecular flexibility index (Phi) is 4.40. The van der Waals surface area contributed by atoms with Crippen LogP contribution in [0.1, 0.15) is 17.5 Å². The first-order valence-electron chi connectivity index (χ1n) is 4.57. The minimum atomic E-state index is -4.60. The zero-order valence-corrected chi connectivity index (χ0v) is 10.1. The monoisotopic (exact) mass is 309 g/mol. The van der Waals surface area contributed by atoms with Crippen molar-refractivity contribution < 1.29 is 17.6 Å². The summed E-state index contributed by atoms with van der Waals surface area (Å²) in [7, 11) is 0. The Bertz CT molecular complexity index is 471. The van der Waals surface area contributed by atoms with Gasteiger partial charge in [0.15, 0.2) is 0 Å². The van der Waals surface area contributed by atoms with E-state index in [1.165, 1.54) is 0 Å². The average molecular weight is 310 g/mol. The van der Waals surface area contributed by atoms with Crippen LogP contribution >= 0.6 is 15.9 Å². The number of rotatable bonds is 1. The smallest absolute Gasteiger partial charge is 0.396 e. The fraction of sp³-hybridized carbons (Fsp3) is 0.273. The third-order valence-corrected chi connectivity index (χ3v) is 2.28. The minimum absolute atomic E-state index is 0.378. The van der Waals surface area contributed by atoms with Crippen LogP contribution in [-0.4, -0.2) is 5.33 Å². The lowest BCUT2D eigenvalue weighted by Gasteiger charge is -2.10. The summed E-state index contributed by atoms with van der Waals surface area (Å²) in [6.07, 6.45) is -4.22. The molecule has 17 heavy (non-hydrogen) atoms. The number of alkyl halides is 4. The SMILES string of the molecule is Nc1cc(C(F)(F)F)c(C#CCCBr)cc1F. The molecule has 0 atom stereocenters. The Labute approximate surface area is 104 Å². The Balaban J connectivity index is 3.28. The molecule has 0 aromatic heterocycles. The number of hydrogen-bond acceptors (Lipinski definition) is 1. The van der Waals surface area contributed by atoms with E-state index in [9.17, 15) is 17.6 Å². The number of halogens is 5. The molecular weight excluding hydrogens is 302 g/mol. The topological polar surface area (TPSA) is 26.0 Å². The highest BCUT2D eigenvalue weighted by molar-refractivity contribution is 9.09. The predicted octanol–water partition coefficient (Wildman–Crippen LogP) is 3.56. The highest BCUT2D eigenvalue weighted by atomic mass is 79.9. The van der Waals surface area contributed by atoms with E-state index in [1.54, 1.807) is 0 Å². The maximum Gasteiger partial charge on any atom is 0.417 e. The molecule has 0 amide bonds. The Hall–Kier alpha value is -1.22. The van der Waals surface area contributed by atoms with Gasteiger partial charge in [-0.15, -0.1) is 0 Å². The first-order chi connectivity index (χ1) is 7.86. The molecule has 1 aromatic rings. The molecule has 0 fully saturated rings. The van der Waals surface area contributed by atoms with Crippen molar-refractivity contribution in [1.82, 2.24) is 0 Å². The zero-order chi connectivity index (χ0) is 13.1. The second kappa shape index (κ2) is 5.41.